The van der Waals surface area contributed by atoms with E-state index in [1.54, 1.807) is 19.9 Å². The molecule has 1 aromatic heterocycles. The number of aliphatic carboxylic acids is 1. The van der Waals surface area contributed by atoms with Crippen LogP contribution in [0.15, 0.2) is 12.1 Å². The Morgan fingerprint density at radius 3 is 2.37 bits per heavy atom. The van der Waals surface area contributed by atoms with Gasteiger partial charge in [0.1, 0.15) is 0 Å². The number of anilines is 1. The number of amides is 1. The monoisotopic (exact) mass is 262 g/mol. The average molecular weight is 262 g/mol. The van der Waals surface area contributed by atoms with Crippen LogP contribution in [0.4, 0.5) is 5.69 Å². The normalized spacial score (nSPS) is 23.8. The summed E-state index contributed by atoms with van der Waals surface area (Å²) in [6, 6.07) is 3.61. The molecule has 1 aromatic rings. The van der Waals surface area contributed by atoms with Crippen LogP contribution in [-0.4, -0.2) is 22.0 Å². The maximum absolute atomic E-state index is 12.1. The van der Waals surface area contributed by atoms with Crippen molar-refractivity contribution < 1.29 is 14.7 Å². The number of pyridine rings is 1. The molecule has 0 radical (unpaired) electrons. The van der Waals surface area contributed by atoms with Crippen LogP contribution in [0.3, 0.4) is 0 Å². The number of carboxylic acids is 1. The average Bonchev–Trinajstić information content (AvgIpc) is 2.86. The Kier molecular flexibility index (Phi) is 3.08. The van der Waals surface area contributed by atoms with E-state index >= 15 is 0 Å². The highest BCUT2D eigenvalue weighted by Gasteiger charge is 2.65. The van der Waals surface area contributed by atoms with Gasteiger partial charge in [0.05, 0.1) is 23.2 Å². The highest BCUT2D eigenvalue weighted by Crippen LogP contribution is 2.58. The first-order valence-corrected chi connectivity index (χ1v) is 6.23. The van der Waals surface area contributed by atoms with E-state index in [9.17, 15) is 9.59 Å². The van der Waals surface area contributed by atoms with Crippen LogP contribution >= 0.6 is 0 Å². The van der Waals surface area contributed by atoms with Crippen molar-refractivity contribution in [1.29, 1.82) is 0 Å². The van der Waals surface area contributed by atoms with Gasteiger partial charge in [0.25, 0.3) is 0 Å². The van der Waals surface area contributed by atoms with E-state index in [2.05, 4.69) is 10.3 Å². The zero-order valence-corrected chi connectivity index (χ0v) is 11.5. The van der Waals surface area contributed by atoms with E-state index in [0.29, 0.717) is 5.69 Å². The Hall–Kier alpha value is -1.91. The lowest BCUT2D eigenvalue weighted by Crippen LogP contribution is -2.18. The summed E-state index contributed by atoms with van der Waals surface area (Å²) in [5.74, 6) is -2.24. The lowest BCUT2D eigenvalue weighted by atomic mass is 10.1. The van der Waals surface area contributed by atoms with E-state index < -0.39 is 23.2 Å². The van der Waals surface area contributed by atoms with Crippen molar-refractivity contribution in [3.05, 3.63) is 23.5 Å². The van der Waals surface area contributed by atoms with Crippen LogP contribution in [-0.2, 0) is 9.59 Å². The molecule has 0 unspecified atom stereocenters. The molecule has 0 aliphatic heterocycles. The molecule has 0 bridgehead atoms. The van der Waals surface area contributed by atoms with Gasteiger partial charge in [0.2, 0.25) is 5.91 Å². The number of nitrogens with one attached hydrogen (secondary N) is 1. The molecule has 0 saturated heterocycles. The molecule has 0 spiro atoms. The number of hydrogen-bond acceptors (Lipinski definition) is 3. The first-order chi connectivity index (χ1) is 8.75. The molecule has 1 aliphatic rings. The Morgan fingerprint density at radius 2 is 1.89 bits per heavy atom. The second kappa shape index (κ2) is 4.33. The summed E-state index contributed by atoms with van der Waals surface area (Å²) < 4.78 is 0. The largest absolute Gasteiger partial charge is 0.481 e. The zero-order chi connectivity index (χ0) is 14.4. The zero-order valence-electron chi connectivity index (χ0n) is 11.5. The molecular formula is C14H18N2O3. The SMILES string of the molecule is Cc1ccc(NC(=O)[C@H]2[C@@H](C(=O)O)C2(C)C)c(C)n1. The highest BCUT2D eigenvalue weighted by atomic mass is 16.4. The fraction of sp³-hybridized carbons (Fsp3) is 0.500. The van der Waals surface area contributed by atoms with Gasteiger partial charge in [-0.25, -0.2) is 0 Å². The molecule has 2 rings (SSSR count). The fourth-order valence-electron chi connectivity index (χ4n) is 2.62. The Morgan fingerprint density at radius 1 is 1.26 bits per heavy atom. The van der Waals surface area contributed by atoms with Gasteiger partial charge >= 0.3 is 5.97 Å². The van der Waals surface area contributed by atoms with E-state index in [0.717, 1.165) is 11.4 Å². The third-order valence-electron chi connectivity index (χ3n) is 3.86. The van der Waals surface area contributed by atoms with Gasteiger partial charge in [0.15, 0.2) is 0 Å². The van der Waals surface area contributed by atoms with Crippen LogP contribution in [0.5, 0.6) is 0 Å². The first-order valence-electron chi connectivity index (χ1n) is 6.23. The molecule has 2 N–H and O–H groups in total. The standard InChI is InChI=1S/C14H18N2O3/c1-7-5-6-9(8(2)15-7)16-12(17)10-11(13(18)19)14(10,3)4/h5-6,10-11H,1-4H3,(H,16,17)(H,18,19)/t10-,11+/m1/s1. The minimum Gasteiger partial charge on any atom is -0.481 e. The Bertz CT molecular complexity index is 552. The summed E-state index contributed by atoms with van der Waals surface area (Å²) in [4.78, 5) is 27.5. The topological polar surface area (TPSA) is 79.3 Å². The number of rotatable bonds is 3. The van der Waals surface area contributed by atoms with Gasteiger partial charge in [-0.2, -0.15) is 0 Å². The summed E-state index contributed by atoms with van der Waals surface area (Å²) in [7, 11) is 0. The molecular weight excluding hydrogens is 244 g/mol. The summed E-state index contributed by atoms with van der Waals surface area (Å²) in [5, 5.41) is 11.8. The number of carboxylic acid groups (broad SMARTS) is 1. The number of nitrogens with zero attached hydrogens (tertiary/aromatic N) is 1. The maximum atomic E-state index is 12.1. The number of carbonyl (C=O) groups is 2. The molecule has 0 aromatic carbocycles. The van der Waals surface area contributed by atoms with Gasteiger partial charge in [-0.15, -0.1) is 0 Å². The van der Waals surface area contributed by atoms with Crippen molar-refractivity contribution in [2.24, 2.45) is 17.3 Å². The minimum absolute atomic E-state index is 0.244. The third kappa shape index (κ3) is 2.32. The quantitative estimate of drug-likeness (QED) is 0.873. The van der Waals surface area contributed by atoms with Crippen molar-refractivity contribution >= 4 is 17.6 Å². The lowest BCUT2D eigenvalue weighted by Gasteiger charge is -2.09. The van der Waals surface area contributed by atoms with Crippen molar-refractivity contribution in [2.45, 2.75) is 27.7 Å². The second-order valence-corrected chi connectivity index (χ2v) is 5.69. The fourth-order valence-corrected chi connectivity index (χ4v) is 2.62. The summed E-state index contributed by atoms with van der Waals surface area (Å²) >= 11 is 0. The molecule has 1 heterocycles. The van der Waals surface area contributed by atoms with Crippen molar-refractivity contribution in [1.82, 2.24) is 4.98 Å². The smallest absolute Gasteiger partial charge is 0.307 e. The number of aromatic nitrogens is 1. The van der Waals surface area contributed by atoms with Crippen molar-refractivity contribution in [3.8, 4) is 0 Å². The summed E-state index contributed by atoms with van der Waals surface area (Å²) in [6.45, 7) is 7.30. The number of hydrogen-bond donors (Lipinski definition) is 2. The Labute approximate surface area is 112 Å². The van der Waals surface area contributed by atoms with Crippen LogP contribution in [0.25, 0.3) is 0 Å². The van der Waals surface area contributed by atoms with Gasteiger partial charge in [0, 0.05) is 5.69 Å². The summed E-state index contributed by atoms with van der Waals surface area (Å²) in [5.41, 5.74) is 1.77. The van der Waals surface area contributed by atoms with Gasteiger partial charge in [-0.1, -0.05) is 13.8 Å². The number of aryl methyl sites for hydroxylation is 2. The second-order valence-electron chi connectivity index (χ2n) is 5.69. The van der Waals surface area contributed by atoms with Crippen molar-refractivity contribution in [3.63, 3.8) is 0 Å². The van der Waals surface area contributed by atoms with Crippen molar-refractivity contribution in [2.75, 3.05) is 5.32 Å². The molecule has 1 amide bonds. The van der Waals surface area contributed by atoms with Crippen LogP contribution in [0.1, 0.15) is 25.2 Å². The maximum Gasteiger partial charge on any atom is 0.307 e. The van der Waals surface area contributed by atoms with E-state index in [1.165, 1.54) is 0 Å². The van der Waals surface area contributed by atoms with E-state index in [-0.39, 0.29) is 5.91 Å². The summed E-state index contributed by atoms with van der Waals surface area (Å²) in [6.07, 6.45) is 0. The highest BCUT2D eigenvalue weighted by molar-refractivity contribution is 5.99. The van der Waals surface area contributed by atoms with Crippen LogP contribution in [0.2, 0.25) is 0 Å². The molecule has 1 fully saturated rings. The molecule has 102 valence electrons. The molecule has 1 aliphatic carbocycles. The van der Waals surface area contributed by atoms with E-state index in [4.69, 9.17) is 5.11 Å². The predicted molar refractivity (Wildman–Crippen MR) is 70.7 cm³/mol. The molecule has 5 nitrogen and oxygen atoms in total. The van der Waals surface area contributed by atoms with Crippen LogP contribution < -0.4 is 5.32 Å². The van der Waals surface area contributed by atoms with Gasteiger partial charge < -0.3 is 10.4 Å². The lowest BCUT2D eigenvalue weighted by molar-refractivity contribution is -0.140. The predicted octanol–water partition coefficient (Wildman–Crippen LogP) is 1.99. The van der Waals surface area contributed by atoms with E-state index in [1.807, 2.05) is 19.9 Å². The number of carbonyl (C=O) groups excluding carboxylic acids is 1. The van der Waals surface area contributed by atoms with Gasteiger partial charge in [-0.3, -0.25) is 14.6 Å². The molecule has 19 heavy (non-hydrogen) atoms. The molecule has 1 saturated carbocycles. The minimum atomic E-state index is -0.913. The van der Waals surface area contributed by atoms with Crippen LogP contribution in [0, 0.1) is 31.1 Å². The Balaban J connectivity index is 2.13. The first kappa shape index (κ1) is 13.5. The molecule has 5 heteroatoms. The van der Waals surface area contributed by atoms with Gasteiger partial charge in [-0.05, 0) is 31.4 Å². The third-order valence-corrected chi connectivity index (χ3v) is 3.86. The molecule has 2 atom stereocenters.